The lowest BCUT2D eigenvalue weighted by atomic mass is 10.1. The van der Waals surface area contributed by atoms with E-state index in [1.807, 2.05) is 4.68 Å². The normalized spacial score (nSPS) is 25.6. The van der Waals surface area contributed by atoms with E-state index < -0.39 is 0 Å². The third-order valence-electron chi connectivity index (χ3n) is 2.99. The molecule has 1 aromatic rings. The summed E-state index contributed by atoms with van der Waals surface area (Å²) in [5, 5.41) is 7.73. The van der Waals surface area contributed by atoms with E-state index in [-0.39, 0.29) is 12.4 Å². The maximum atomic E-state index is 4.32. The zero-order chi connectivity index (χ0) is 11.5. The molecule has 0 aliphatic carbocycles. The molecule has 2 unspecified atom stereocenters. The average Bonchev–Trinajstić information content (AvgIpc) is 2.63. The van der Waals surface area contributed by atoms with Crippen molar-refractivity contribution in [3.05, 3.63) is 12.2 Å². The Balaban J connectivity index is 0.00000144. The highest BCUT2D eigenvalue weighted by atomic mass is 35.5. The number of rotatable bonds is 3. The van der Waals surface area contributed by atoms with Crippen LogP contribution >= 0.6 is 12.4 Å². The first-order valence-electron chi connectivity index (χ1n) is 6.04. The molecule has 2 rings (SSSR count). The van der Waals surface area contributed by atoms with E-state index in [4.69, 9.17) is 0 Å². The van der Waals surface area contributed by atoms with Crippen molar-refractivity contribution < 1.29 is 0 Å². The predicted molar refractivity (Wildman–Crippen MR) is 70.3 cm³/mol. The van der Waals surface area contributed by atoms with Gasteiger partial charge in [-0.1, -0.05) is 0 Å². The number of nitrogens with one attached hydrogen (secondary N) is 1. The molecule has 0 aromatic carbocycles. The fourth-order valence-corrected chi connectivity index (χ4v) is 2.44. The van der Waals surface area contributed by atoms with Gasteiger partial charge in [-0.25, -0.2) is 9.67 Å². The molecule has 17 heavy (non-hydrogen) atoms. The minimum atomic E-state index is 0. The Morgan fingerprint density at radius 1 is 1.35 bits per heavy atom. The van der Waals surface area contributed by atoms with Gasteiger partial charge in [0.15, 0.2) is 0 Å². The maximum absolute atomic E-state index is 4.32. The number of hydrogen-bond donors (Lipinski definition) is 1. The van der Waals surface area contributed by atoms with Crippen LogP contribution in [0.1, 0.15) is 26.6 Å². The Bertz CT molecular complexity index is 330. The van der Waals surface area contributed by atoms with Gasteiger partial charge < -0.3 is 5.32 Å². The second-order valence-corrected chi connectivity index (χ2v) is 4.65. The molecule has 1 aliphatic heterocycles. The summed E-state index contributed by atoms with van der Waals surface area (Å²) in [6, 6.07) is 1.11. The van der Waals surface area contributed by atoms with Crippen molar-refractivity contribution in [2.75, 3.05) is 13.1 Å². The molecule has 6 heteroatoms. The molecule has 1 saturated heterocycles. The summed E-state index contributed by atoms with van der Waals surface area (Å²) < 4.78 is 1.97. The van der Waals surface area contributed by atoms with E-state index in [2.05, 4.69) is 41.1 Å². The van der Waals surface area contributed by atoms with Crippen LogP contribution in [0.25, 0.3) is 0 Å². The molecule has 0 spiro atoms. The summed E-state index contributed by atoms with van der Waals surface area (Å²) in [6.07, 6.45) is 1.65. The summed E-state index contributed by atoms with van der Waals surface area (Å²) in [4.78, 5) is 6.77. The van der Waals surface area contributed by atoms with Gasteiger partial charge in [-0.2, -0.15) is 5.10 Å². The number of nitrogens with zero attached hydrogens (tertiary/aromatic N) is 4. The van der Waals surface area contributed by atoms with Crippen LogP contribution in [0.5, 0.6) is 0 Å². The van der Waals surface area contributed by atoms with Crippen LogP contribution in [-0.2, 0) is 13.1 Å². The molecule has 0 saturated carbocycles. The lowest BCUT2D eigenvalue weighted by Gasteiger charge is -2.35. The summed E-state index contributed by atoms with van der Waals surface area (Å²) >= 11 is 0. The molecular formula is C11H22ClN5. The van der Waals surface area contributed by atoms with Gasteiger partial charge in [-0.05, 0) is 20.8 Å². The zero-order valence-electron chi connectivity index (χ0n) is 10.8. The van der Waals surface area contributed by atoms with Crippen molar-refractivity contribution in [3.8, 4) is 0 Å². The third kappa shape index (κ3) is 3.66. The topological polar surface area (TPSA) is 46.0 Å². The molecule has 0 bridgehead atoms. The summed E-state index contributed by atoms with van der Waals surface area (Å²) in [6.45, 7) is 10.5. The Morgan fingerprint density at radius 3 is 2.59 bits per heavy atom. The van der Waals surface area contributed by atoms with Crippen molar-refractivity contribution in [2.24, 2.45) is 0 Å². The van der Waals surface area contributed by atoms with Gasteiger partial charge >= 0.3 is 0 Å². The van der Waals surface area contributed by atoms with Crippen LogP contribution < -0.4 is 5.32 Å². The van der Waals surface area contributed by atoms with Crippen LogP contribution in [0.3, 0.4) is 0 Å². The molecule has 1 N–H and O–H groups in total. The monoisotopic (exact) mass is 259 g/mol. The number of aromatic nitrogens is 3. The molecule has 1 aromatic heterocycles. The largest absolute Gasteiger partial charge is 0.309 e. The Labute approximate surface area is 109 Å². The quantitative estimate of drug-likeness (QED) is 0.876. The van der Waals surface area contributed by atoms with Gasteiger partial charge in [0.05, 0.1) is 6.54 Å². The lowest BCUT2D eigenvalue weighted by molar-refractivity contribution is 0.161. The van der Waals surface area contributed by atoms with Crippen LogP contribution in [0.4, 0.5) is 0 Å². The molecule has 98 valence electrons. The third-order valence-corrected chi connectivity index (χ3v) is 2.99. The van der Waals surface area contributed by atoms with Gasteiger partial charge in [0.2, 0.25) is 0 Å². The highest BCUT2D eigenvalue weighted by Gasteiger charge is 2.21. The first kappa shape index (κ1) is 14.4. The number of halogens is 1. The highest BCUT2D eigenvalue weighted by Crippen LogP contribution is 2.08. The molecule has 2 atom stereocenters. The summed E-state index contributed by atoms with van der Waals surface area (Å²) in [5.74, 6) is 1.07. The van der Waals surface area contributed by atoms with Gasteiger partial charge in [0.25, 0.3) is 0 Å². The second kappa shape index (κ2) is 6.33. The van der Waals surface area contributed by atoms with Gasteiger partial charge in [-0.15, -0.1) is 12.4 Å². The van der Waals surface area contributed by atoms with E-state index in [1.54, 1.807) is 6.33 Å². The minimum absolute atomic E-state index is 0. The lowest BCUT2D eigenvalue weighted by Crippen LogP contribution is -2.53. The fraction of sp³-hybridized carbons (Fsp3) is 0.818. The van der Waals surface area contributed by atoms with Gasteiger partial charge in [0, 0.05) is 31.7 Å². The predicted octanol–water partition coefficient (Wildman–Crippen LogP) is 0.902. The van der Waals surface area contributed by atoms with Crippen LogP contribution in [0.2, 0.25) is 0 Å². The second-order valence-electron chi connectivity index (χ2n) is 4.65. The first-order chi connectivity index (χ1) is 7.69. The average molecular weight is 260 g/mol. The van der Waals surface area contributed by atoms with Crippen LogP contribution in [0.15, 0.2) is 6.33 Å². The Morgan fingerprint density at radius 2 is 2.00 bits per heavy atom. The van der Waals surface area contributed by atoms with Crippen LogP contribution in [-0.4, -0.2) is 44.8 Å². The van der Waals surface area contributed by atoms with E-state index >= 15 is 0 Å². The molecule has 5 nitrogen and oxygen atoms in total. The Kier molecular flexibility index (Phi) is 5.36. The Hall–Kier alpha value is -0.650. The molecular weight excluding hydrogens is 238 g/mol. The molecule has 0 radical (unpaired) electrons. The zero-order valence-corrected chi connectivity index (χ0v) is 11.6. The van der Waals surface area contributed by atoms with Crippen molar-refractivity contribution in [1.29, 1.82) is 0 Å². The van der Waals surface area contributed by atoms with Gasteiger partial charge in [0.1, 0.15) is 12.2 Å². The van der Waals surface area contributed by atoms with Gasteiger partial charge in [-0.3, -0.25) is 4.90 Å². The van der Waals surface area contributed by atoms with E-state index in [9.17, 15) is 0 Å². The van der Waals surface area contributed by atoms with E-state index in [0.717, 1.165) is 32.0 Å². The smallest absolute Gasteiger partial charge is 0.140 e. The fourth-order valence-electron chi connectivity index (χ4n) is 2.44. The minimum Gasteiger partial charge on any atom is -0.309 e. The summed E-state index contributed by atoms with van der Waals surface area (Å²) in [7, 11) is 0. The molecule has 1 aliphatic rings. The molecule has 1 fully saturated rings. The van der Waals surface area contributed by atoms with E-state index in [1.165, 1.54) is 0 Å². The maximum Gasteiger partial charge on any atom is 0.140 e. The number of piperazine rings is 1. The first-order valence-corrected chi connectivity index (χ1v) is 6.04. The van der Waals surface area contributed by atoms with E-state index in [0.29, 0.717) is 12.1 Å². The molecule has 0 amide bonds. The SMILES string of the molecule is CCn1ncnc1CN1CC(C)NC(C)C1.Cl. The van der Waals surface area contributed by atoms with Crippen molar-refractivity contribution in [3.63, 3.8) is 0 Å². The highest BCUT2D eigenvalue weighted by molar-refractivity contribution is 5.85. The number of hydrogen-bond acceptors (Lipinski definition) is 4. The van der Waals surface area contributed by atoms with Crippen molar-refractivity contribution in [1.82, 2.24) is 25.0 Å². The van der Waals surface area contributed by atoms with Crippen molar-refractivity contribution in [2.45, 2.75) is 45.9 Å². The molecule has 2 heterocycles. The van der Waals surface area contributed by atoms with Crippen LogP contribution in [0, 0.1) is 0 Å². The van der Waals surface area contributed by atoms with Crippen molar-refractivity contribution >= 4 is 12.4 Å². The summed E-state index contributed by atoms with van der Waals surface area (Å²) in [5.41, 5.74) is 0. The standard InChI is InChI=1S/C11H21N5.ClH/c1-4-16-11(12-8-13-16)7-15-5-9(2)14-10(3)6-15;/h8-10,14H,4-7H2,1-3H3;1H. The number of aryl methyl sites for hydroxylation is 1.